The van der Waals surface area contributed by atoms with Crippen molar-refractivity contribution in [3.8, 4) is 5.75 Å². The predicted molar refractivity (Wildman–Crippen MR) is 125 cm³/mol. The zero-order valence-corrected chi connectivity index (χ0v) is 18.5. The molecule has 2 fully saturated rings. The molecule has 2 aliphatic rings. The maximum Gasteiger partial charge on any atom is 0.335 e. The Kier molecular flexibility index (Phi) is 6.95. The van der Waals surface area contributed by atoms with Crippen LogP contribution in [-0.4, -0.2) is 61.7 Å². The fraction of sp³-hybridized carbons (Fsp3) is 0.440. The van der Waals surface area contributed by atoms with Crippen molar-refractivity contribution in [2.75, 3.05) is 50.1 Å². The van der Waals surface area contributed by atoms with Crippen molar-refractivity contribution in [2.45, 2.75) is 25.7 Å². The highest BCUT2D eigenvalue weighted by molar-refractivity contribution is 6.06. The van der Waals surface area contributed by atoms with E-state index in [1.165, 1.54) is 32.4 Å². The first-order valence-corrected chi connectivity index (χ1v) is 11.3. The number of carbonyl (C=O) groups is 2. The maximum atomic E-state index is 12.9. The van der Waals surface area contributed by atoms with E-state index in [4.69, 9.17) is 4.74 Å². The Bertz CT molecular complexity index is 954. The first kappa shape index (κ1) is 22.1. The Balaban J connectivity index is 1.54. The summed E-state index contributed by atoms with van der Waals surface area (Å²) in [5, 5.41) is 12.4. The number of nitrogens with zero attached hydrogens (tertiary/aromatic N) is 2. The van der Waals surface area contributed by atoms with Crippen LogP contribution >= 0.6 is 0 Å². The number of amides is 1. The second kappa shape index (κ2) is 10.0. The number of hydrogen-bond donors (Lipinski definition) is 2. The predicted octanol–water partition coefficient (Wildman–Crippen LogP) is 3.96. The van der Waals surface area contributed by atoms with Gasteiger partial charge in [-0.2, -0.15) is 0 Å². The average Bonchev–Trinajstić information content (AvgIpc) is 3.32. The van der Waals surface area contributed by atoms with Gasteiger partial charge in [-0.05, 0) is 87.2 Å². The molecule has 7 nitrogen and oxygen atoms in total. The van der Waals surface area contributed by atoms with Crippen LogP contribution in [0.1, 0.15) is 46.4 Å². The summed E-state index contributed by atoms with van der Waals surface area (Å²) in [7, 11) is 1.58. The van der Waals surface area contributed by atoms with E-state index < -0.39 is 5.97 Å². The topological polar surface area (TPSA) is 82.1 Å². The molecule has 2 N–H and O–H groups in total. The largest absolute Gasteiger partial charge is 0.497 e. The van der Waals surface area contributed by atoms with Crippen LogP contribution in [-0.2, 0) is 0 Å². The van der Waals surface area contributed by atoms with Gasteiger partial charge in [0.05, 0.1) is 24.0 Å². The van der Waals surface area contributed by atoms with Crippen molar-refractivity contribution in [2.24, 2.45) is 5.92 Å². The number of carbonyl (C=O) groups excluding carboxylic acids is 1. The molecule has 1 atom stereocenters. The molecule has 170 valence electrons. The van der Waals surface area contributed by atoms with Crippen LogP contribution in [0.4, 0.5) is 11.4 Å². The first-order chi connectivity index (χ1) is 15.5. The smallest absolute Gasteiger partial charge is 0.335 e. The third-order valence-corrected chi connectivity index (χ3v) is 6.42. The third-order valence-electron chi connectivity index (χ3n) is 6.42. The van der Waals surface area contributed by atoms with Crippen molar-refractivity contribution < 1.29 is 19.4 Å². The number of hydrogen-bond acceptors (Lipinski definition) is 5. The molecule has 7 heteroatoms. The second-order valence-electron chi connectivity index (χ2n) is 8.68. The lowest BCUT2D eigenvalue weighted by Gasteiger charge is -2.37. The van der Waals surface area contributed by atoms with E-state index in [2.05, 4.69) is 15.1 Å². The minimum atomic E-state index is -1.01. The Labute approximate surface area is 189 Å². The highest BCUT2D eigenvalue weighted by Gasteiger charge is 2.25. The number of methoxy groups -OCH3 is 1. The van der Waals surface area contributed by atoms with Crippen LogP contribution in [0, 0.1) is 5.92 Å². The molecule has 1 unspecified atom stereocenters. The molecule has 0 saturated carbocycles. The van der Waals surface area contributed by atoms with Crippen molar-refractivity contribution in [3.05, 3.63) is 53.6 Å². The monoisotopic (exact) mass is 437 g/mol. The molecule has 0 spiro atoms. The molecular formula is C25H31N3O4. The van der Waals surface area contributed by atoms with Gasteiger partial charge in [0.2, 0.25) is 0 Å². The van der Waals surface area contributed by atoms with Gasteiger partial charge < -0.3 is 25.0 Å². The summed E-state index contributed by atoms with van der Waals surface area (Å²) in [6, 6.07) is 11.9. The van der Waals surface area contributed by atoms with Crippen molar-refractivity contribution in [1.29, 1.82) is 0 Å². The zero-order chi connectivity index (χ0) is 22.5. The summed E-state index contributed by atoms with van der Waals surface area (Å²) >= 11 is 0. The molecule has 2 heterocycles. The number of rotatable bonds is 7. The van der Waals surface area contributed by atoms with Gasteiger partial charge in [0.15, 0.2) is 0 Å². The number of carboxylic acids is 1. The summed E-state index contributed by atoms with van der Waals surface area (Å²) in [6.07, 6.45) is 4.86. The van der Waals surface area contributed by atoms with Crippen LogP contribution in [0.25, 0.3) is 0 Å². The van der Waals surface area contributed by atoms with E-state index in [9.17, 15) is 14.7 Å². The first-order valence-electron chi connectivity index (χ1n) is 11.3. The zero-order valence-electron chi connectivity index (χ0n) is 18.5. The molecule has 32 heavy (non-hydrogen) atoms. The summed E-state index contributed by atoms with van der Waals surface area (Å²) in [5.41, 5.74) is 2.06. The van der Waals surface area contributed by atoms with Crippen molar-refractivity contribution in [3.63, 3.8) is 0 Å². The van der Waals surface area contributed by atoms with E-state index in [0.717, 1.165) is 31.7 Å². The molecule has 4 rings (SSSR count). The molecule has 0 aliphatic carbocycles. The third kappa shape index (κ3) is 5.22. The average molecular weight is 438 g/mol. The lowest BCUT2D eigenvalue weighted by Crippen LogP contribution is -2.40. The molecule has 1 amide bonds. The van der Waals surface area contributed by atoms with Crippen LogP contribution in [0.15, 0.2) is 42.5 Å². The van der Waals surface area contributed by atoms with Gasteiger partial charge in [-0.1, -0.05) is 0 Å². The molecule has 2 aromatic rings. The minimum Gasteiger partial charge on any atom is -0.497 e. The summed E-state index contributed by atoms with van der Waals surface area (Å²) in [4.78, 5) is 29.3. The number of anilines is 2. The number of ether oxygens (including phenoxy) is 1. The summed E-state index contributed by atoms with van der Waals surface area (Å²) in [6.45, 7) is 5.29. The Morgan fingerprint density at radius 3 is 2.44 bits per heavy atom. The van der Waals surface area contributed by atoms with Gasteiger partial charge in [-0.15, -0.1) is 0 Å². The molecule has 2 aromatic carbocycles. The fourth-order valence-electron chi connectivity index (χ4n) is 4.75. The minimum absolute atomic E-state index is 0.157. The number of carboxylic acid groups (broad SMARTS) is 1. The summed E-state index contributed by atoms with van der Waals surface area (Å²) < 4.78 is 5.16. The van der Waals surface area contributed by atoms with Gasteiger partial charge in [-0.25, -0.2) is 4.79 Å². The van der Waals surface area contributed by atoms with E-state index in [-0.39, 0.29) is 11.5 Å². The second-order valence-corrected chi connectivity index (χ2v) is 8.68. The number of benzene rings is 2. The fourth-order valence-corrected chi connectivity index (χ4v) is 4.75. The van der Waals surface area contributed by atoms with E-state index >= 15 is 0 Å². The van der Waals surface area contributed by atoms with Crippen molar-refractivity contribution in [1.82, 2.24) is 4.90 Å². The molecular weight excluding hydrogens is 406 g/mol. The SMILES string of the molecule is COc1ccc(C(=O)Nc2cc(C(=O)O)ccc2N2CCCC(CN3CCCC3)C2)cc1. The Morgan fingerprint density at radius 2 is 1.75 bits per heavy atom. The lowest BCUT2D eigenvalue weighted by atomic mass is 9.96. The molecule has 2 saturated heterocycles. The van der Waals surface area contributed by atoms with Crippen LogP contribution in [0.2, 0.25) is 0 Å². The molecule has 0 bridgehead atoms. The van der Waals surface area contributed by atoms with Gasteiger partial charge in [0, 0.05) is 25.2 Å². The highest BCUT2D eigenvalue weighted by atomic mass is 16.5. The summed E-state index contributed by atoms with van der Waals surface area (Å²) in [5.74, 6) is -0.0391. The van der Waals surface area contributed by atoms with Gasteiger partial charge in [0.1, 0.15) is 5.75 Å². The van der Waals surface area contributed by atoms with E-state index in [1.54, 1.807) is 43.5 Å². The number of likely N-dealkylation sites (tertiary alicyclic amines) is 1. The number of nitrogens with one attached hydrogen (secondary N) is 1. The number of piperidine rings is 1. The normalized spacial score (nSPS) is 19.0. The Hall–Kier alpha value is -3.06. The van der Waals surface area contributed by atoms with Crippen LogP contribution in [0.3, 0.4) is 0 Å². The van der Waals surface area contributed by atoms with Gasteiger partial charge in [-0.3, -0.25) is 4.79 Å². The lowest BCUT2D eigenvalue weighted by molar-refractivity contribution is 0.0696. The quantitative estimate of drug-likeness (QED) is 0.682. The van der Waals surface area contributed by atoms with Crippen LogP contribution < -0.4 is 15.0 Å². The highest BCUT2D eigenvalue weighted by Crippen LogP contribution is 2.32. The molecule has 0 aromatic heterocycles. The Morgan fingerprint density at radius 1 is 1.03 bits per heavy atom. The van der Waals surface area contributed by atoms with E-state index in [0.29, 0.717) is 22.9 Å². The van der Waals surface area contributed by atoms with E-state index in [1.807, 2.05) is 6.07 Å². The number of aromatic carboxylic acids is 1. The van der Waals surface area contributed by atoms with Gasteiger partial charge in [0.25, 0.3) is 5.91 Å². The standard InChI is InChI=1S/C25H31N3O4/c1-32-21-9-6-19(7-10-21)24(29)26-22-15-20(25(30)31)8-11-23(22)28-14-4-5-18(17-28)16-27-12-2-3-13-27/h6-11,15,18H,2-5,12-14,16-17H2,1H3,(H,26,29)(H,30,31). The van der Waals surface area contributed by atoms with Gasteiger partial charge >= 0.3 is 5.97 Å². The molecule has 0 radical (unpaired) electrons. The molecule has 2 aliphatic heterocycles. The van der Waals surface area contributed by atoms with Crippen molar-refractivity contribution >= 4 is 23.3 Å². The van der Waals surface area contributed by atoms with Crippen LogP contribution in [0.5, 0.6) is 5.75 Å². The maximum absolute atomic E-state index is 12.9.